The highest BCUT2D eigenvalue weighted by Crippen LogP contribution is 2.33. The number of H-pyrrole nitrogens is 1. The first kappa shape index (κ1) is 11.9. The molecule has 2 rings (SSSR count). The van der Waals surface area contributed by atoms with Gasteiger partial charge in [-0.1, -0.05) is 38.6 Å². The van der Waals surface area contributed by atoms with E-state index in [9.17, 15) is 10.1 Å². The summed E-state index contributed by atoms with van der Waals surface area (Å²) in [4.78, 5) is 17.8. The number of rotatable bonds is 2. The van der Waals surface area contributed by atoms with Crippen molar-refractivity contribution in [3.05, 3.63) is 28.3 Å². The standard InChI is InChI=1S/C11H13N3O2S/c1-11(2,3)17-10-12-7-5-4-6-8(14(15)16)9(7)13-10/h4-6H,1-3H3,(H,12,13). The lowest BCUT2D eigenvalue weighted by Gasteiger charge is -2.14. The molecule has 90 valence electrons. The monoisotopic (exact) mass is 251 g/mol. The van der Waals surface area contributed by atoms with E-state index in [0.717, 1.165) is 0 Å². The number of nitro groups is 1. The van der Waals surface area contributed by atoms with Crippen LogP contribution in [0.1, 0.15) is 20.8 Å². The number of para-hydroxylation sites is 1. The van der Waals surface area contributed by atoms with Crippen molar-refractivity contribution in [2.75, 3.05) is 0 Å². The fourth-order valence-electron chi connectivity index (χ4n) is 1.48. The van der Waals surface area contributed by atoms with E-state index in [0.29, 0.717) is 16.2 Å². The Labute approximate surface area is 103 Å². The quantitative estimate of drug-likeness (QED) is 0.504. The van der Waals surface area contributed by atoms with Crippen molar-refractivity contribution >= 4 is 28.5 Å². The highest BCUT2D eigenvalue weighted by atomic mass is 32.2. The maximum absolute atomic E-state index is 10.9. The number of hydrogen-bond donors (Lipinski definition) is 1. The van der Waals surface area contributed by atoms with E-state index < -0.39 is 4.92 Å². The van der Waals surface area contributed by atoms with Crippen molar-refractivity contribution in [3.63, 3.8) is 0 Å². The van der Waals surface area contributed by atoms with E-state index in [1.807, 2.05) is 0 Å². The van der Waals surface area contributed by atoms with Gasteiger partial charge < -0.3 is 4.98 Å². The van der Waals surface area contributed by atoms with Gasteiger partial charge >= 0.3 is 0 Å². The normalized spacial score (nSPS) is 11.9. The van der Waals surface area contributed by atoms with E-state index in [1.54, 1.807) is 23.9 Å². The van der Waals surface area contributed by atoms with Gasteiger partial charge in [0.2, 0.25) is 0 Å². The summed E-state index contributed by atoms with van der Waals surface area (Å²) in [6.07, 6.45) is 0. The number of nitrogens with one attached hydrogen (secondary N) is 1. The summed E-state index contributed by atoms with van der Waals surface area (Å²) in [6, 6.07) is 4.92. The summed E-state index contributed by atoms with van der Waals surface area (Å²) >= 11 is 1.56. The lowest BCUT2D eigenvalue weighted by molar-refractivity contribution is -0.383. The predicted octanol–water partition coefficient (Wildman–Crippen LogP) is 3.36. The van der Waals surface area contributed by atoms with Gasteiger partial charge in [-0.3, -0.25) is 10.1 Å². The third-order valence-corrected chi connectivity index (χ3v) is 3.07. The van der Waals surface area contributed by atoms with Crippen LogP contribution >= 0.6 is 11.8 Å². The lowest BCUT2D eigenvalue weighted by atomic mass is 10.3. The Morgan fingerprint density at radius 3 is 2.71 bits per heavy atom. The fourth-order valence-corrected chi connectivity index (χ4v) is 2.36. The molecule has 0 aliphatic carbocycles. The van der Waals surface area contributed by atoms with Crippen LogP contribution in [0.25, 0.3) is 11.0 Å². The molecule has 0 saturated heterocycles. The summed E-state index contributed by atoms with van der Waals surface area (Å²) < 4.78 is 0.0165. The number of hydrogen-bond acceptors (Lipinski definition) is 4. The zero-order chi connectivity index (χ0) is 12.6. The fraction of sp³-hybridized carbons (Fsp3) is 0.364. The molecular formula is C11H13N3O2S. The molecule has 0 unspecified atom stereocenters. The largest absolute Gasteiger partial charge is 0.333 e. The molecule has 0 amide bonds. The second-order valence-electron chi connectivity index (χ2n) is 4.69. The molecule has 17 heavy (non-hydrogen) atoms. The molecule has 1 aromatic heterocycles. The summed E-state index contributed by atoms with van der Waals surface area (Å²) in [5.74, 6) is 0. The van der Waals surface area contributed by atoms with Gasteiger partial charge in [-0.2, -0.15) is 0 Å². The molecule has 0 radical (unpaired) electrons. The van der Waals surface area contributed by atoms with Gasteiger partial charge in [0.25, 0.3) is 5.69 Å². The molecule has 0 aliphatic rings. The Bertz CT molecular complexity index is 572. The van der Waals surface area contributed by atoms with Gasteiger partial charge in [0.1, 0.15) is 0 Å². The molecule has 5 nitrogen and oxygen atoms in total. The summed E-state index contributed by atoms with van der Waals surface area (Å²) in [7, 11) is 0. The number of non-ortho nitro benzene ring substituents is 1. The second-order valence-corrected chi connectivity index (χ2v) is 6.50. The molecule has 0 bridgehead atoms. The Morgan fingerprint density at radius 1 is 1.41 bits per heavy atom. The number of aromatic amines is 1. The van der Waals surface area contributed by atoms with Crippen molar-refractivity contribution < 1.29 is 4.92 Å². The van der Waals surface area contributed by atoms with Gasteiger partial charge in [-0.25, -0.2) is 4.98 Å². The van der Waals surface area contributed by atoms with Crippen LogP contribution in [0.15, 0.2) is 23.4 Å². The number of thioether (sulfide) groups is 1. The minimum Gasteiger partial charge on any atom is -0.333 e. The molecule has 1 N–H and O–H groups in total. The first-order valence-corrected chi connectivity index (χ1v) is 6.00. The molecule has 1 aromatic carbocycles. The first-order chi connectivity index (χ1) is 7.87. The van der Waals surface area contributed by atoms with Gasteiger partial charge in [0.05, 0.1) is 10.4 Å². The molecule has 1 heterocycles. The number of benzene rings is 1. The molecule has 0 spiro atoms. The zero-order valence-corrected chi connectivity index (χ0v) is 10.7. The van der Waals surface area contributed by atoms with Crippen LogP contribution in [0.3, 0.4) is 0 Å². The van der Waals surface area contributed by atoms with E-state index in [1.165, 1.54) is 6.07 Å². The molecular weight excluding hydrogens is 238 g/mol. The number of aromatic nitrogens is 2. The van der Waals surface area contributed by atoms with Crippen molar-refractivity contribution in [1.82, 2.24) is 9.97 Å². The topological polar surface area (TPSA) is 71.8 Å². The predicted molar refractivity (Wildman–Crippen MR) is 68.4 cm³/mol. The van der Waals surface area contributed by atoms with E-state index in [-0.39, 0.29) is 10.4 Å². The Hall–Kier alpha value is -1.56. The van der Waals surface area contributed by atoms with E-state index in [2.05, 4.69) is 30.7 Å². The van der Waals surface area contributed by atoms with Crippen molar-refractivity contribution in [3.8, 4) is 0 Å². The second kappa shape index (κ2) is 4.03. The number of nitro benzene ring substituents is 1. The smallest absolute Gasteiger partial charge is 0.297 e. The zero-order valence-electron chi connectivity index (χ0n) is 9.85. The van der Waals surface area contributed by atoms with Crippen molar-refractivity contribution in [1.29, 1.82) is 0 Å². The van der Waals surface area contributed by atoms with Gasteiger partial charge in [-0.15, -0.1) is 0 Å². The van der Waals surface area contributed by atoms with Crippen LogP contribution < -0.4 is 0 Å². The Kier molecular flexibility index (Phi) is 2.82. The third kappa shape index (κ3) is 2.58. The molecule has 0 saturated carbocycles. The summed E-state index contributed by atoms with van der Waals surface area (Å²) in [5, 5.41) is 11.6. The average molecular weight is 251 g/mol. The van der Waals surface area contributed by atoms with Crippen LogP contribution in [0, 0.1) is 10.1 Å². The minimum absolute atomic E-state index is 0.0165. The lowest BCUT2D eigenvalue weighted by Crippen LogP contribution is -2.07. The Balaban J connectivity index is 2.50. The van der Waals surface area contributed by atoms with Gasteiger partial charge in [0.15, 0.2) is 10.7 Å². The highest BCUT2D eigenvalue weighted by molar-refractivity contribution is 8.00. The Morgan fingerprint density at radius 2 is 2.12 bits per heavy atom. The molecule has 0 atom stereocenters. The van der Waals surface area contributed by atoms with E-state index >= 15 is 0 Å². The number of nitrogens with zero attached hydrogens (tertiary/aromatic N) is 2. The molecule has 0 fully saturated rings. The first-order valence-electron chi connectivity index (χ1n) is 5.19. The van der Waals surface area contributed by atoms with Crippen LogP contribution in [-0.4, -0.2) is 19.6 Å². The molecule has 6 heteroatoms. The van der Waals surface area contributed by atoms with Crippen molar-refractivity contribution in [2.24, 2.45) is 0 Å². The van der Waals surface area contributed by atoms with Gasteiger partial charge in [0, 0.05) is 10.8 Å². The maximum Gasteiger partial charge on any atom is 0.297 e. The maximum atomic E-state index is 10.9. The summed E-state index contributed by atoms with van der Waals surface area (Å²) in [5.41, 5.74) is 1.16. The molecule has 0 aliphatic heterocycles. The van der Waals surface area contributed by atoms with E-state index in [4.69, 9.17) is 0 Å². The molecule has 2 aromatic rings. The van der Waals surface area contributed by atoms with Crippen molar-refractivity contribution in [2.45, 2.75) is 30.7 Å². The van der Waals surface area contributed by atoms with Crippen LogP contribution in [0.5, 0.6) is 0 Å². The van der Waals surface area contributed by atoms with Crippen LogP contribution in [-0.2, 0) is 0 Å². The highest BCUT2D eigenvalue weighted by Gasteiger charge is 2.19. The SMILES string of the molecule is CC(C)(C)Sc1nc2c([N+](=O)[O-])cccc2[nH]1. The number of imidazole rings is 1. The van der Waals surface area contributed by atoms with Crippen LogP contribution in [0.2, 0.25) is 0 Å². The van der Waals surface area contributed by atoms with Gasteiger partial charge in [-0.05, 0) is 6.07 Å². The summed E-state index contributed by atoms with van der Waals surface area (Å²) in [6.45, 7) is 6.21. The third-order valence-electron chi connectivity index (χ3n) is 2.07. The average Bonchev–Trinajstić information content (AvgIpc) is 2.55. The minimum atomic E-state index is -0.408. The number of fused-ring (bicyclic) bond motifs is 1. The van der Waals surface area contributed by atoms with Crippen LogP contribution in [0.4, 0.5) is 5.69 Å².